The summed E-state index contributed by atoms with van der Waals surface area (Å²) in [5.74, 6) is 0.739. The first-order valence-corrected chi connectivity index (χ1v) is 7.14. The number of amides is 1. The minimum Gasteiger partial charge on any atom is -0.480 e. The summed E-state index contributed by atoms with van der Waals surface area (Å²) in [4.78, 5) is 24.4. The molecular formula is C11H18N2O3S. The Morgan fingerprint density at radius 1 is 1.47 bits per heavy atom. The van der Waals surface area contributed by atoms with Gasteiger partial charge in [-0.3, -0.25) is 4.79 Å². The van der Waals surface area contributed by atoms with Gasteiger partial charge in [-0.2, -0.15) is 0 Å². The van der Waals surface area contributed by atoms with Crippen LogP contribution in [-0.4, -0.2) is 52.6 Å². The highest BCUT2D eigenvalue weighted by molar-refractivity contribution is 7.99. The van der Waals surface area contributed by atoms with Gasteiger partial charge in [0.2, 0.25) is 5.91 Å². The van der Waals surface area contributed by atoms with Crippen LogP contribution >= 0.6 is 11.8 Å². The fraction of sp³-hybridized carbons (Fsp3) is 0.818. The number of nitrogens with one attached hydrogen (secondary N) is 1. The van der Waals surface area contributed by atoms with Crippen LogP contribution in [0.2, 0.25) is 0 Å². The maximum atomic E-state index is 11.9. The zero-order valence-electron chi connectivity index (χ0n) is 9.72. The van der Waals surface area contributed by atoms with E-state index in [0.29, 0.717) is 24.0 Å². The number of carbonyl (C=O) groups excluding carboxylic acids is 1. The van der Waals surface area contributed by atoms with E-state index in [9.17, 15) is 9.59 Å². The van der Waals surface area contributed by atoms with E-state index in [2.05, 4.69) is 5.32 Å². The minimum absolute atomic E-state index is 0.00528. The summed E-state index contributed by atoms with van der Waals surface area (Å²) < 4.78 is 0. The molecule has 0 bridgehead atoms. The number of aliphatic carboxylic acids is 1. The molecule has 0 aromatic carbocycles. The molecule has 2 rings (SSSR count). The van der Waals surface area contributed by atoms with Crippen molar-refractivity contribution in [2.24, 2.45) is 5.92 Å². The lowest BCUT2D eigenvalue weighted by Crippen LogP contribution is -2.41. The van der Waals surface area contributed by atoms with E-state index in [-0.39, 0.29) is 5.91 Å². The van der Waals surface area contributed by atoms with E-state index in [0.717, 1.165) is 25.9 Å². The molecule has 0 aromatic heterocycles. The number of nitrogens with zero attached hydrogens (tertiary/aromatic N) is 1. The second-order valence-electron chi connectivity index (χ2n) is 4.61. The quantitative estimate of drug-likeness (QED) is 0.762. The number of carboxylic acid groups (broad SMARTS) is 1. The van der Waals surface area contributed by atoms with Gasteiger partial charge in [-0.1, -0.05) is 0 Å². The molecule has 2 atom stereocenters. The van der Waals surface area contributed by atoms with Crippen molar-refractivity contribution in [2.75, 3.05) is 24.7 Å². The molecule has 17 heavy (non-hydrogen) atoms. The van der Waals surface area contributed by atoms with E-state index < -0.39 is 12.0 Å². The lowest BCUT2D eigenvalue weighted by molar-refractivity contribution is -0.147. The van der Waals surface area contributed by atoms with Crippen molar-refractivity contribution in [3.63, 3.8) is 0 Å². The van der Waals surface area contributed by atoms with Gasteiger partial charge in [0.1, 0.15) is 6.04 Å². The Kier molecular flexibility index (Phi) is 4.28. The molecule has 1 amide bonds. The molecule has 0 spiro atoms. The highest BCUT2D eigenvalue weighted by Gasteiger charge is 2.34. The summed E-state index contributed by atoms with van der Waals surface area (Å²) in [6.45, 7) is 2.03. The average Bonchev–Trinajstić information content (AvgIpc) is 2.96. The summed E-state index contributed by atoms with van der Waals surface area (Å²) in [6, 6.07) is -0.616. The van der Waals surface area contributed by atoms with E-state index >= 15 is 0 Å². The minimum atomic E-state index is -0.883. The van der Waals surface area contributed by atoms with E-state index in [1.165, 1.54) is 16.7 Å². The van der Waals surface area contributed by atoms with Gasteiger partial charge in [-0.25, -0.2) is 4.79 Å². The molecule has 0 aromatic rings. The number of rotatable bonds is 4. The van der Waals surface area contributed by atoms with Gasteiger partial charge >= 0.3 is 5.97 Å². The molecule has 0 saturated carbocycles. The van der Waals surface area contributed by atoms with Gasteiger partial charge in [0.15, 0.2) is 0 Å². The number of carboxylic acids is 1. The first-order valence-electron chi connectivity index (χ1n) is 5.99. The Morgan fingerprint density at radius 2 is 2.29 bits per heavy atom. The van der Waals surface area contributed by atoms with Crippen molar-refractivity contribution < 1.29 is 14.7 Å². The van der Waals surface area contributed by atoms with Gasteiger partial charge in [0, 0.05) is 12.2 Å². The van der Waals surface area contributed by atoms with Crippen LogP contribution < -0.4 is 5.32 Å². The smallest absolute Gasteiger partial charge is 0.327 e. The second kappa shape index (κ2) is 5.73. The van der Waals surface area contributed by atoms with Crippen molar-refractivity contribution in [1.82, 2.24) is 10.2 Å². The Bertz CT molecular complexity index is 305. The maximum absolute atomic E-state index is 11.9. The van der Waals surface area contributed by atoms with Crippen LogP contribution in [0.1, 0.15) is 19.3 Å². The molecule has 2 fully saturated rings. The Hall–Kier alpha value is -0.750. The number of carbonyl (C=O) groups is 2. The van der Waals surface area contributed by atoms with Crippen LogP contribution in [-0.2, 0) is 9.59 Å². The third-order valence-electron chi connectivity index (χ3n) is 3.42. The fourth-order valence-electron chi connectivity index (χ4n) is 2.33. The highest BCUT2D eigenvalue weighted by Crippen LogP contribution is 2.23. The standard InChI is InChI=1S/C11H18N2O3S/c14-10(2-1-8-3-4-12-5-8)13-7-17-6-9(13)11(15)16/h8-9,12H,1-7H2,(H,15,16)/t8?,9-/m0/s1. The number of hydrogen-bond acceptors (Lipinski definition) is 4. The summed E-state index contributed by atoms with van der Waals surface area (Å²) >= 11 is 1.52. The van der Waals surface area contributed by atoms with E-state index in [1.54, 1.807) is 0 Å². The van der Waals surface area contributed by atoms with Gasteiger partial charge in [-0.15, -0.1) is 11.8 Å². The van der Waals surface area contributed by atoms with Gasteiger partial charge < -0.3 is 15.3 Å². The molecule has 1 unspecified atom stereocenters. The van der Waals surface area contributed by atoms with Crippen molar-refractivity contribution >= 4 is 23.6 Å². The molecule has 2 aliphatic rings. The molecule has 2 aliphatic heterocycles. The van der Waals surface area contributed by atoms with Crippen LogP contribution in [0.25, 0.3) is 0 Å². The SMILES string of the molecule is O=C(O)[C@@H]1CSCN1C(=O)CCC1CCNC1. The predicted molar refractivity (Wildman–Crippen MR) is 65.8 cm³/mol. The summed E-state index contributed by atoms with van der Waals surface area (Å²) in [5, 5.41) is 12.3. The molecule has 0 radical (unpaired) electrons. The average molecular weight is 258 g/mol. The third kappa shape index (κ3) is 3.13. The predicted octanol–water partition coefficient (Wildman–Crippen LogP) is 0.362. The van der Waals surface area contributed by atoms with Crippen LogP contribution in [0, 0.1) is 5.92 Å². The zero-order valence-corrected chi connectivity index (χ0v) is 10.5. The van der Waals surface area contributed by atoms with Crippen LogP contribution in [0.15, 0.2) is 0 Å². The second-order valence-corrected chi connectivity index (χ2v) is 5.61. The molecule has 5 nitrogen and oxygen atoms in total. The molecule has 2 heterocycles. The molecule has 96 valence electrons. The van der Waals surface area contributed by atoms with Gasteiger partial charge in [-0.05, 0) is 31.8 Å². The normalized spacial score (nSPS) is 28.6. The van der Waals surface area contributed by atoms with Gasteiger partial charge in [0.25, 0.3) is 0 Å². The van der Waals surface area contributed by atoms with E-state index in [4.69, 9.17) is 5.11 Å². The molecule has 2 N–H and O–H groups in total. The summed E-state index contributed by atoms with van der Waals surface area (Å²) in [6.07, 6.45) is 2.49. The molecule has 2 saturated heterocycles. The fourth-order valence-corrected chi connectivity index (χ4v) is 3.50. The number of hydrogen-bond donors (Lipinski definition) is 2. The van der Waals surface area contributed by atoms with Crippen LogP contribution in [0.4, 0.5) is 0 Å². The zero-order chi connectivity index (χ0) is 12.3. The Labute approximate surface area is 105 Å². The molecule has 0 aliphatic carbocycles. The molecular weight excluding hydrogens is 240 g/mol. The first-order chi connectivity index (χ1) is 8.18. The Morgan fingerprint density at radius 3 is 2.94 bits per heavy atom. The van der Waals surface area contributed by atoms with Crippen molar-refractivity contribution in [1.29, 1.82) is 0 Å². The monoisotopic (exact) mass is 258 g/mol. The highest BCUT2D eigenvalue weighted by atomic mass is 32.2. The van der Waals surface area contributed by atoms with Crippen molar-refractivity contribution in [2.45, 2.75) is 25.3 Å². The summed E-state index contributed by atoms with van der Waals surface area (Å²) in [5.41, 5.74) is 0. The van der Waals surface area contributed by atoms with Gasteiger partial charge in [0.05, 0.1) is 5.88 Å². The summed E-state index contributed by atoms with van der Waals surface area (Å²) in [7, 11) is 0. The van der Waals surface area contributed by atoms with E-state index in [1.807, 2.05) is 0 Å². The lowest BCUT2D eigenvalue weighted by Gasteiger charge is -2.21. The third-order valence-corrected chi connectivity index (χ3v) is 4.43. The first kappa shape index (κ1) is 12.7. The van der Waals surface area contributed by atoms with Crippen molar-refractivity contribution in [3.8, 4) is 0 Å². The van der Waals surface area contributed by atoms with Crippen LogP contribution in [0.3, 0.4) is 0 Å². The lowest BCUT2D eigenvalue weighted by atomic mass is 10.0. The van der Waals surface area contributed by atoms with Crippen LogP contribution in [0.5, 0.6) is 0 Å². The molecule has 6 heteroatoms. The largest absolute Gasteiger partial charge is 0.480 e. The Balaban J connectivity index is 1.80. The van der Waals surface area contributed by atoms with Crippen molar-refractivity contribution in [3.05, 3.63) is 0 Å². The maximum Gasteiger partial charge on any atom is 0.327 e. The topological polar surface area (TPSA) is 69.6 Å². The number of thioether (sulfide) groups is 1.